The van der Waals surface area contributed by atoms with Gasteiger partial charge in [0, 0.05) is 28.0 Å². The van der Waals surface area contributed by atoms with E-state index in [1.165, 1.54) is 10.4 Å². The van der Waals surface area contributed by atoms with Gasteiger partial charge in [-0.05, 0) is 36.7 Å². The number of halogens is 1. The Kier molecular flexibility index (Phi) is 4.47. The largest absolute Gasteiger partial charge is 0.496 e. The van der Waals surface area contributed by atoms with Gasteiger partial charge < -0.3 is 15.4 Å². The van der Waals surface area contributed by atoms with Gasteiger partial charge in [0.2, 0.25) is 0 Å². The molecule has 0 saturated carbocycles. The fourth-order valence-corrected chi connectivity index (χ4v) is 5.22. The third-order valence-electron chi connectivity index (χ3n) is 4.86. The van der Waals surface area contributed by atoms with Crippen molar-refractivity contribution in [3.63, 3.8) is 0 Å². The molecule has 7 heteroatoms. The Balaban J connectivity index is 1.70. The number of amides is 1. The molecule has 132 valence electrons. The zero-order chi connectivity index (χ0) is 17.6. The van der Waals surface area contributed by atoms with Crippen molar-refractivity contribution < 1.29 is 9.53 Å². The highest BCUT2D eigenvalue weighted by Gasteiger charge is 2.34. The van der Waals surface area contributed by atoms with Crippen molar-refractivity contribution >= 4 is 38.2 Å². The second-order valence-electron chi connectivity index (χ2n) is 6.26. The molecule has 2 aliphatic rings. The maximum atomic E-state index is 12.8. The minimum absolute atomic E-state index is 0.00299. The van der Waals surface area contributed by atoms with Crippen LogP contribution in [0, 0.1) is 0 Å². The van der Waals surface area contributed by atoms with Crippen LogP contribution in [0.15, 0.2) is 22.7 Å². The van der Waals surface area contributed by atoms with Crippen molar-refractivity contribution in [1.82, 2.24) is 10.2 Å². The number of benzene rings is 1. The molecule has 2 aromatic rings. The Labute approximate surface area is 159 Å². The number of hydrogen-bond donors (Lipinski definition) is 2. The van der Waals surface area contributed by atoms with Gasteiger partial charge in [0.1, 0.15) is 16.9 Å². The van der Waals surface area contributed by atoms with E-state index < -0.39 is 0 Å². The van der Waals surface area contributed by atoms with Gasteiger partial charge in [0.25, 0.3) is 5.91 Å². The Morgan fingerprint density at radius 2 is 2.24 bits per heavy atom. The molecule has 5 nitrogen and oxygen atoms in total. The molecule has 0 radical (unpaired) electrons. The lowest BCUT2D eigenvalue weighted by molar-refractivity contribution is 0.0934. The molecule has 1 amide bonds. The number of rotatable bonds is 3. The van der Waals surface area contributed by atoms with Gasteiger partial charge >= 0.3 is 0 Å². The van der Waals surface area contributed by atoms with Crippen LogP contribution in [0.5, 0.6) is 5.75 Å². The van der Waals surface area contributed by atoms with E-state index in [1.54, 1.807) is 18.4 Å². The number of ether oxygens (including phenoxy) is 1. The van der Waals surface area contributed by atoms with E-state index in [4.69, 9.17) is 4.74 Å². The number of anilines is 1. The average Bonchev–Trinajstić information content (AvgIpc) is 2.99. The summed E-state index contributed by atoms with van der Waals surface area (Å²) in [6, 6.07) is 5.82. The van der Waals surface area contributed by atoms with Crippen LogP contribution < -0.4 is 15.4 Å². The highest BCUT2D eigenvalue weighted by molar-refractivity contribution is 9.10. The molecular weight excluding hydrogens is 402 g/mol. The highest BCUT2D eigenvalue weighted by atomic mass is 79.9. The summed E-state index contributed by atoms with van der Waals surface area (Å²) in [6.45, 7) is 5.17. The van der Waals surface area contributed by atoms with Crippen molar-refractivity contribution in [3.05, 3.63) is 44.2 Å². The van der Waals surface area contributed by atoms with Crippen molar-refractivity contribution in [2.75, 3.05) is 25.5 Å². The lowest BCUT2D eigenvalue weighted by Gasteiger charge is -2.28. The van der Waals surface area contributed by atoms with Gasteiger partial charge in [-0.3, -0.25) is 9.69 Å². The molecule has 25 heavy (non-hydrogen) atoms. The van der Waals surface area contributed by atoms with Crippen LogP contribution in [0.3, 0.4) is 0 Å². The van der Waals surface area contributed by atoms with Gasteiger partial charge in [-0.1, -0.05) is 22.9 Å². The number of fused-ring (bicyclic) bond motifs is 3. The quantitative estimate of drug-likeness (QED) is 0.791. The molecule has 1 aromatic heterocycles. The van der Waals surface area contributed by atoms with Crippen LogP contribution in [0.2, 0.25) is 0 Å². The Morgan fingerprint density at radius 1 is 1.40 bits per heavy atom. The fraction of sp³-hybridized carbons (Fsp3) is 0.389. The lowest BCUT2D eigenvalue weighted by atomic mass is 10.00. The maximum Gasteiger partial charge on any atom is 0.256 e. The van der Waals surface area contributed by atoms with E-state index in [0.717, 1.165) is 52.4 Å². The number of hydrogen-bond acceptors (Lipinski definition) is 5. The van der Waals surface area contributed by atoms with E-state index in [0.29, 0.717) is 0 Å². The number of carbonyl (C=O) groups excluding carboxylic acids is 1. The molecule has 0 fully saturated rings. The first-order valence-electron chi connectivity index (χ1n) is 8.38. The Hall–Kier alpha value is -1.57. The molecule has 2 aliphatic heterocycles. The molecule has 0 saturated heterocycles. The average molecular weight is 422 g/mol. The zero-order valence-electron chi connectivity index (χ0n) is 14.2. The van der Waals surface area contributed by atoms with Gasteiger partial charge in [-0.2, -0.15) is 0 Å². The summed E-state index contributed by atoms with van der Waals surface area (Å²) in [5.74, 6) is 0.756. The second kappa shape index (κ2) is 6.63. The van der Waals surface area contributed by atoms with Crippen LogP contribution in [-0.4, -0.2) is 31.0 Å². The number of carbonyl (C=O) groups is 1. The van der Waals surface area contributed by atoms with E-state index in [2.05, 4.69) is 38.4 Å². The predicted molar refractivity (Wildman–Crippen MR) is 103 cm³/mol. The van der Waals surface area contributed by atoms with Crippen LogP contribution in [0.1, 0.15) is 39.5 Å². The molecule has 1 aromatic carbocycles. The van der Waals surface area contributed by atoms with Crippen LogP contribution in [0.25, 0.3) is 0 Å². The summed E-state index contributed by atoms with van der Waals surface area (Å²) in [4.78, 5) is 16.5. The highest BCUT2D eigenvalue weighted by Crippen LogP contribution is 2.42. The number of thiophene rings is 1. The molecule has 1 atom stereocenters. The monoisotopic (exact) mass is 421 g/mol. The van der Waals surface area contributed by atoms with Crippen LogP contribution >= 0.6 is 27.3 Å². The van der Waals surface area contributed by atoms with Crippen molar-refractivity contribution in [2.24, 2.45) is 0 Å². The summed E-state index contributed by atoms with van der Waals surface area (Å²) in [5, 5.41) is 7.57. The van der Waals surface area contributed by atoms with Gasteiger partial charge in [0.15, 0.2) is 0 Å². The van der Waals surface area contributed by atoms with E-state index in [-0.39, 0.29) is 12.1 Å². The first-order chi connectivity index (χ1) is 12.1. The smallest absolute Gasteiger partial charge is 0.256 e. The summed E-state index contributed by atoms with van der Waals surface area (Å²) >= 11 is 5.21. The third kappa shape index (κ3) is 2.94. The number of methoxy groups -OCH3 is 1. The topological polar surface area (TPSA) is 53.6 Å². The maximum absolute atomic E-state index is 12.8. The molecular formula is C18H20BrN3O2S. The van der Waals surface area contributed by atoms with E-state index in [1.807, 2.05) is 18.2 Å². The molecule has 0 spiro atoms. The first kappa shape index (κ1) is 16.9. The van der Waals surface area contributed by atoms with Crippen LogP contribution in [0.4, 0.5) is 5.00 Å². The van der Waals surface area contributed by atoms with Gasteiger partial charge in [0.05, 0.1) is 12.7 Å². The SMILES string of the molecule is CCN1CCc2c(sc3c2C(=O)NC(c2cc(Br)ccc2OC)N3)C1. The molecule has 0 aliphatic carbocycles. The van der Waals surface area contributed by atoms with Crippen LogP contribution in [-0.2, 0) is 13.0 Å². The normalized spacial score (nSPS) is 19.6. The van der Waals surface area contributed by atoms with E-state index >= 15 is 0 Å². The Bertz CT molecular complexity index is 836. The molecule has 4 rings (SSSR count). The second-order valence-corrected chi connectivity index (χ2v) is 8.28. The summed E-state index contributed by atoms with van der Waals surface area (Å²) < 4.78 is 6.42. The zero-order valence-corrected chi connectivity index (χ0v) is 16.6. The first-order valence-corrected chi connectivity index (χ1v) is 9.99. The van der Waals surface area contributed by atoms with Gasteiger partial charge in [-0.15, -0.1) is 11.3 Å². The molecule has 1 unspecified atom stereocenters. The predicted octanol–water partition coefficient (Wildman–Crippen LogP) is 3.75. The third-order valence-corrected chi connectivity index (χ3v) is 6.51. The number of likely N-dealkylation sites (N-methyl/N-ethyl adjacent to an activating group) is 1. The minimum atomic E-state index is -0.296. The van der Waals surface area contributed by atoms with E-state index in [9.17, 15) is 4.79 Å². The van der Waals surface area contributed by atoms with Crippen molar-refractivity contribution in [2.45, 2.75) is 26.1 Å². The summed E-state index contributed by atoms with van der Waals surface area (Å²) in [6.07, 6.45) is 0.643. The molecule has 3 heterocycles. The lowest BCUT2D eigenvalue weighted by Crippen LogP contribution is -2.39. The summed E-state index contributed by atoms with van der Waals surface area (Å²) in [7, 11) is 1.64. The summed E-state index contributed by atoms with van der Waals surface area (Å²) in [5.41, 5.74) is 2.97. The van der Waals surface area contributed by atoms with Crippen molar-refractivity contribution in [3.8, 4) is 5.75 Å². The number of nitrogens with zero attached hydrogens (tertiary/aromatic N) is 1. The standard InChI is InChI=1S/C18H20BrN3O2S/c1-3-22-7-6-11-14(9-22)25-18-15(11)17(23)20-16(21-18)12-8-10(19)4-5-13(12)24-2/h4-5,8,16,21H,3,6-7,9H2,1-2H3,(H,20,23). The molecule has 0 bridgehead atoms. The minimum Gasteiger partial charge on any atom is -0.496 e. The van der Waals surface area contributed by atoms with Crippen molar-refractivity contribution in [1.29, 1.82) is 0 Å². The molecule has 2 N–H and O–H groups in total. The number of nitrogens with one attached hydrogen (secondary N) is 2. The fourth-order valence-electron chi connectivity index (χ4n) is 3.52. The van der Waals surface area contributed by atoms with Gasteiger partial charge in [-0.25, -0.2) is 0 Å². The Morgan fingerprint density at radius 3 is 3.00 bits per heavy atom.